The Morgan fingerprint density at radius 1 is 0.897 bits per heavy atom. The molecule has 4 atom stereocenters. The molecule has 0 saturated carbocycles. The van der Waals surface area contributed by atoms with Crippen molar-refractivity contribution in [3.05, 3.63) is 84.4 Å². The molecule has 0 unspecified atom stereocenters. The van der Waals surface area contributed by atoms with Gasteiger partial charge in [-0.1, -0.05) is 60.7 Å². The standard InChI is InChI=1S/C27H22F3N5O4/c28-27(29,30)19-7-4-8-20(13-19)31-26(36)39-22-15-38-23-21(14-37-24(22)23)35-25(32-33-34-35)18-11-9-17(10-12-18)16-5-2-1-3-6-16/h1-13,21-24H,14-15H2,(H,31,36)/t21-,22+,23+,24+/m0/s1. The van der Waals surface area contributed by atoms with E-state index >= 15 is 0 Å². The van der Waals surface area contributed by atoms with Crippen molar-refractivity contribution in [2.24, 2.45) is 0 Å². The Balaban J connectivity index is 1.12. The van der Waals surface area contributed by atoms with E-state index in [1.807, 2.05) is 54.6 Å². The minimum Gasteiger partial charge on any atom is -0.441 e. The number of tetrazole rings is 1. The second-order valence-corrected chi connectivity index (χ2v) is 9.20. The third kappa shape index (κ3) is 5.08. The van der Waals surface area contributed by atoms with Crippen LogP contribution in [0.5, 0.6) is 0 Å². The highest BCUT2D eigenvalue weighted by Crippen LogP contribution is 2.37. The van der Waals surface area contributed by atoms with E-state index in [9.17, 15) is 18.0 Å². The van der Waals surface area contributed by atoms with Crippen LogP contribution < -0.4 is 5.32 Å². The molecule has 1 aromatic heterocycles. The molecule has 2 aliphatic heterocycles. The van der Waals surface area contributed by atoms with Crippen molar-refractivity contribution >= 4 is 11.8 Å². The van der Waals surface area contributed by atoms with E-state index in [4.69, 9.17) is 14.2 Å². The van der Waals surface area contributed by atoms with E-state index in [0.29, 0.717) is 5.82 Å². The van der Waals surface area contributed by atoms with Crippen LogP contribution in [0.4, 0.5) is 23.7 Å². The zero-order valence-electron chi connectivity index (χ0n) is 20.3. The van der Waals surface area contributed by atoms with E-state index in [1.54, 1.807) is 4.68 Å². The lowest BCUT2D eigenvalue weighted by molar-refractivity contribution is -0.137. The molecule has 0 aliphatic carbocycles. The van der Waals surface area contributed by atoms with Crippen LogP contribution in [0.3, 0.4) is 0 Å². The molecule has 1 N–H and O–H groups in total. The van der Waals surface area contributed by atoms with Gasteiger partial charge in [-0.15, -0.1) is 5.10 Å². The molecule has 6 rings (SSSR count). The lowest BCUT2D eigenvalue weighted by Crippen LogP contribution is -2.35. The lowest BCUT2D eigenvalue weighted by Gasteiger charge is -2.18. The van der Waals surface area contributed by atoms with Gasteiger partial charge < -0.3 is 14.2 Å². The van der Waals surface area contributed by atoms with Crippen LogP contribution >= 0.6 is 0 Å². The molecule has 1 amide bonds. The maximum atomic E-state index is 13.0. The van der Waals surface area contributed by atoms with Gasteiger partial charge in [-0.3, -0.25) is 5.32 Å². The number of amides is 1. The summed E-state index contributed by atoms with van der Waals surface area (Å²) < 4.78 is 57.8. The van der Waals surface area contributed by atoms with Crippen LogP contribution in [0.1, 0.15) is 11.6 Å². The fraction of sp³-hybridized carbons (Fsp3) is 0.259. The molecule has 0 bridgehead atoms. The van der Waals surface area contributed by atoms with E-state index < -0.39 is 36.1 Å². The number of hydrogen-bond donors (Lipinski definition) is 1. The van der Waals surface area contributed by atoms with Gasteiger partial charge in [0.15, 0.2) is 11.9 Å². The van der Waals surface area contributed by atoms with E-state index in [0.717, 1.165) is 28.8 Å². The van der Waals surface area contributed by atoms with Gasteiger partial charge in [0.05, 0.1) is 18.8 Å². The van der Waals surface area contributed by atoms with Crippen LogP contribution in [0.15, 0.2) is 78.9 Å². The summed E-state index contributed by atoms with van der Waals surface area (Å²) in [5.41, 5.74) is 2.06. The van der Waals surface area contributed by atoms with Gasteiger partial charge in [0.25, 0.3) is 0 Å². The maximum absolute atomic E-state index is 13.0. The summed E-state index contributed by atoms with van der Waals surface area (Å²) in [6, 6.07) is 21.8. The summed E-state index contributed by atoms with van der Waals surface area (Å²) in [4.78, 5) is 12.4. The monoisotopic (exact) mass is 537 g/mol. The van der Waals surface area contributed by atoms with Gasteiger partial charge in [0.2, 0.25) is 0 Å². The number of rotatable bonds is 5. The third-order valence-electron chi connectivity index (χ3n) is 6.73. The van der Waals surface area contributed by atoms with Crippen molar-refractivity contribution in [1.82, 2.24) is 20.2 Å². The first kappa shape index (κ1) is 25.0. The Hall–Kier alpha value is -4.29. The molecular weight excluding hydrogens is 515 g/mol. The normalized spacial score (nSPS) is 22.4. The molecule has 12 heteroatoms. The predicted molar refractivity (Wildman–Crippen MR) is 133 cm³/mol. The minimum atomic E-state index is -4.53. The fourth-order valence-electron chi connectivity index (χ4n) is 4.86. The number of nitrogens with one attached hydrogen (secondary N) is 1. The third-order valence-corrected chi connectivity index (χ3v) is 6.73. The first-order valence-electron chi connectivity index (χ1n) is 12.2. The Labute approximate surface area is 220 Å². The number of fused-ring (bicyclic) bond motifs is 1. The summed E-state index contributed by atoms with van der Waals surface area (Å²) in [7, 11) is 0. The Morgan fingerprint density at radius 2 is 1.62 bits per heavy atom. The summed E-state index contributed by atoms with van der Waals surface area (Å²) in [5.74, 6) is 0.541. The fourth-order valence-corrected chi connectivity index (χ4v) is 4.86. The molecule has 3 aromatic carbocycles. The summed E-state index contributed by atoms with van der Waals surface area (Å²) in [5, 5.41) is 14.6. The molecule has 0 radical (unpaired) electrons. The highest BCUT2D eigenvalue weighted by atomic mass is 19.4. The number of aromatic nitrogens is 4. The van der Waals surface area contributed by atoms with Crippen LogP contribution in [0.25, 0.3) is 22.5 Å². The second-order valence-electron chi connectivity index (χ2n) is 9.20. The molecule has 0 spiro atoms. The van der Waals surface area contributed by atoms with Crippen LogP contribution in [-0.2, 0) is 20.4 Å². The zero-order valence-corrected chi connectivity index (χ0v) is 20.3. The van der Waals surface area contributed by atoms with Crippen LogP contribution in [-0.4, -0.2) is 57.8 Å². The van der Waals surface area contributed by atoms with Crippen molar-refractivity contribution in [3.63, 3.8) is 0 Å². The number of carbonyl (C=O) groups is 1. The maximum Gasteiger partial charge on any atom is 0.416 e. The molecule has 200 valence electrons. The zero-order chi connectivity index (χ0) is 27.0. The van der Waals surface area contributed by atoms with Gasteiger partial charge in [-0.05, 0) is 39.8 Å². The largest absolute Gasteiger partial charge is 0.441 e. The van der Waals surface area contributed by atoms with Gasteiger partial charge in [-0.25, -0.2) is 9.48 Å². The first-order chi connectivity index (χ1) is 18.9. The number of benzene rings is 3. The molecular formula is C27H22F3N5O4. The highest BCUT2D eigenvalue weighted by Gasteiger charge is 2.51. The first-order valence-corrected chi connectivity index (χ1v) is 12.2. The number of ether oxygens (including phenoxy) is 3. The van der Waals surface area contributed by atoms with E-state index in [-0.39, 0.29) is 24.9 Å². The molecule has 2 aliphatic rings. The Bertz CT molecular complexity index is 1460. The molecule has 4 aromatic rings. The van der Waals surface area contributed by atoms with Crippen molar-refractivity contribution in [2.75, 3.05) is 18.5 Å². The highest BCUT2D eigenvalue weighted by molar-refractivity contribution is 5.84. The molecule has 39 heavy (non-hydrogen) atoms. The van der Waals surface area contributed by atoms with Gasteiger partial charge in [0, 0.05) is 11.3 Å². The summed E-state index contributed by atoms with van der Waals surface area (Å²) >= 11 is 0. The smallest absolute Gasteiger partial charge is 0.416 e. The SMILES string of the molecule is O=C(Nc1cccc(C(F)(F)F)c1)O[C@@H]1CO[C@H]2[C@@H]1OC[C@@H]2n1nnnc1-c1ccc(-c2ccccc2)cc1. The number of alkyl halides is 3. The molecule has 2 saturated heterocycles. The van der Waals surface area contributed by atoms with Crippen LogP contribution in [0.2, 0.25) is 0 Å². The summed E-state index contributed by atoms with van der Waals surface area (Å²) in [6.45, 7) is 0.287. The topological polar surface area (TPSA) is 100 Å². The average Bonchev–Trinajstić information content (AvgIpc) is 3.67. The number of nitrogens with zero attached hydrogens (tertiary/aromatic N) is 4. The van der Waals surface area contributed by atoms with Crippen molar-refractivity contribution in [3.8, 4) is 22.5 Å². The molecule has 3 heterocycles. The summed E-state index contributed by atoms with van der Waals surface area (Å²) in [6.07, 6.45) is -7.25. The van der Waals surface area contributed by atoms with Gasteiger partial charge in [0.1, 0.15) is 18.2 Å². The average molecular weight is 537 g/mol. The number of anilines is 1. The number of hydrogen-bond acceptors (Lipinski definition) is 7. The van der Waals surface area contributed by atoms with Gasteiger partial charge >= 0.3 is 12.3 Å². The Kier molecular flexibility index (Phi) is 6.49. The van der Waals surface area contributed by atoms with E-state index in [2.05, 4.69) is 20.8 Å². The van der Waals surface area contributed by atoms with Gasteiger partial charge in [-0.2, -0.15) is 13.2 Å². The molecule has 9 nitrogen and oxygen atoms in total. The lowest BCUT2D eigenvalue weighted by atomic mass is 10.0. The van der Waals surface area contributed by atoms with Crippen molar-refractivity contribution in [1.29, 1.82) is 0 Å². The predicted octanol–water partition coefficient (Wildman–Crippen LogP) is 4.98. The van der Waals surface area contributed by atoms with Crippen molar-refractivity contribution in [2.45, 2.75) is 30.5 Å². The number of carbonyl (C=O) groups excluding carboxylic acids is 1. The number of halogens is 3. The van der Waals surface area contributed by atoms with Crippen molar-refractivity contribution < 1.29 is 32.2 Å². The van der Waals surface area contributed by atoms with Crippen LogP contribution in [0, 0.1) is 0 Å². The second kappa shape index (κ2) is 10.1. The van der Waals surface area contributed by atoms with E-state index in [1.165, 1.54) is 12.1 Å². The Morgan fingerprint density at radius 3 is 2.38 bits per heavy atom. The molecule has 2 fully saturated rings. The minimum absolute atomic E-state index is 0.0351. The quantitative estimate of drug-likeness (QED) is 0.383.